The van der Waals surface area contributed by atoms with E-state index in [0.717, 1.165) is 0 Å². The summed E-state index contributed by atoms with van der Waals surface area (Å²) in [5.74, 6) is 0. The molecule has 66 valence electrons. The van der Waals surface area contributed by atoms with Gasteiger partial charge in [-0.2, -0.15) is 0 Å². The van der Waals surface area contributed by atoms with Gasteiger partial charge in [0, 0.05) is 0 Å². The summed E-state index contributed by atoms with van der Waals surface area (Å²) < 4.78 is 1.54. The molecular weight excluding hydrogens is 188 g/mol. The lowest BCUT2D eigenvalue weighted by molar-refractivity contribution is 0.805. The maximum Gasteiger partial charge on any atom is 0.108 e. The summed E-state index contributed by atoms with van der Waals surface area (Å²) in [6.07, 6.45) is 3.26. The highest BCUT2D eigenvalue weighted by atomic mass is 35.5. The van der Waals surface area contributed by atoms with E-state index < -0.39 is 0 Å². The average Bonchev–Trinajstić information content (AvgIpc) is 2.57. The van der Waals surface area contributed by atoms with Crippen LogP contribution in [0.5, 0.6) is 0 Å². The Bertz CT molecular complexity index is 390. The van der Waals surface area contributed by atoms with Crippen LogP contribution in [0.2, 0.25) is 5.02 Å². The molecule has 5 heteroatoms. The quantitative estimate of drug-likeness (QED) is 0.700. The minimum atomic E-state index is 0.561. The van der Waals surface area contributed by atoms with Crippen LogP contribution in [-0.4, -0.2) is 15.0 Å². The van der Waals surface area contributed by atoms with Crippen molar-refractivity contribution in [1.82, 2.24) is 15.0 Å². The Morgan fingerprint density at radius 3 is 2.85 bits per heavy atom. The molecule has 1 aromatic heterocycles. The van der Waals surface area contributed by atoms with Gasteiger partial charge in [-0.3, -0.25) is 0 Å². The smallest absolute Gasteiger partial charge is 0.108 e. The van der Waals surface area contributed by atoms with Crippen molar-refractivity contribution >= 4 is 17.3 Å². The number of anilines is 1. The fraction of sp³-hybridized carbons (Fsp3) is 0. The third-order valence-electron chi connectivity index (χ3n) is 1.67. The SMILES string of the molecule is Nc1cccc(Cl)c1-n1ccnn1. The molecule has 0 spiro atoms. The number of nitrogen functional groups attached to an aromatic ring is 1. The van der Waals surface area contributed by atoms with Crippen LogP contribution in [0.1, 0.15) is 0 Å². The third-order valence-corrected chi connectivity index (χ3v) is 1.97. The molecule has 2 aromatic rings. The zero-order valence-corrected chi connectivity index (χ0v) is 7.44. The zero-order chi connectivity index (χ0) is 9.26. The maximum absolute atomic E-state index is 5.95. The molecule has 0 aliphatic rings. The molecule has 2 N–H and O–H groups in total. The van der Waals surface area contributed by atoms with Gasteiger partial charge in [-0.15, -0.1) is 5.10 Å². The first-order valence-electron chi connectivity index (χ1n) is 3.70. The van der Waals surface area contributed by atoms with Crippen LogP contribution in [0, 0.1) is 0 Å². The Balaban J connectivity index is 2.64. The first-order chi connectivity index (χ1) is 6.29. The van der Waals surface area contributed by atoms with Crippen molar-refractivity contribution in [2.45, 2.75) is 0 Å². The number of nitrogens with zero attached hydrogens (tertiary/aromatic N) is 3. The largest absolute Gasteiger partial charge is 0.397 e. The number of rotatable bonds is 1. The first kappa shape index (κ1) is 8.07. The summed E-state index contributed by atoms with van der Waals surface area (Å²) in [5.41, 5.74) is 6.99. The molecule has 0 radical (unpaired) electrons. The fourth-order valence-corrected chi connectivity index (χ4v) is 1.37. The topological polar surface area (TPSA) is 56.7 Å². The summed E-state index contributed by atoms with van der Waals surface area (Å²) in [4.78, 5) is 0. The molecule has 0 atom stereocenters. The second-order valence-electron chi connectivity index (χ2n) is 2.53. The van der Waals surface area contributed by atoms with Crippen molar-refractivity contribution in [1.29, 1.82) is 0 Å². The van der Waals surface area contributed by atoms with Gasteiger partial charge >= 0.3 is 0 Å². The monoisotopic (exact) mass is 194 g/mol. The van der Waals surface area contributed by atoms with Crippen molar-refractivity contribution in [3.63, 3.8) is 0 Å². The lowest BCUT2D eigenvalue weighted by Crippen LogP contribution is -2.01. The minimum absolute atomic E-state index is 0.561. The maximum atomic E-state index is 5.95. The number of hydrogen-bond donors (Lipinski definition) is 1. The highest BCUT2D eigenvalue weighted by Crippen LogP contribution is 2.24. The molecule has 13 heavy (non-hydrogen) atoms. The van der Waals surface area contributed by atoms with Gasteiger partial charge in [-0.1, -0.05) is 22.9 Å². The van der Waals surface area contributed by atoms with E-state index in [2.05, 4.69) is 10.3 Å². The van der Waals surface area contributed by atoms with E-state index in [4.69, 9.17) is 17.3 Å². The van der Waals surface area contributed by atoms with E-state index in [-0.39, 0.29) is 0 Å². The molecule has 0 aliphatic carbocycles. The highest BCUT2D eigenvalue weighted by molar-refractivity contribution is 6.32. The van der Waals surface area contributed by atoms with Gasteiger partial charge in [0.05, 0.1) is 23.1 Å². The van der Waals surface area contributed by atoms with Crippen molar-refractivity contribution in [3.05, 3.63) is 35.6 Å². The second-order valence-corrected chi connectivity index (χ2v) is 2.93. The van der Waals surface area contributed by atoms with E-state index in [1.807, 2.05) is 0 Å². The lowest BCUT2D eigenvalue weighted by atomic mass is 10.3. The minimum Gasteiger partial charge on any atom is -0.397 e. The summed E-state index contributed by atoms with van der Waals surface area (Å²) in [6, 6.07) is 5.32. The van der Waals surface area contributed by atoms with E-state index in [9.17, 15) is 0 Å². The fourth-order valence-electron chi connectivity index (χ4n) is 1.10. The summed E-state index contributed by atoms with van der Waals surface area (Å²) in [7, 11) is 0. The molecule has 0 bridgehead atoms. The van der Waals surface area contributed by atoms with Gasteiger partial charge in [0.15, 0.2) is 0 Å². The van der Waals surface area contributed by atoms with Crippen LogP contribution in [-0.2, 0) is 0 Å². The van der Waals surface area contributed by atoms with Crippen molar-refractivity contribution in [2.75, 3.05) is 5.73 Å². The predicted octanol–water partition coefficient (Wildman–Crippen LogP) is 1.50. The van der Waals surface area contributed by atoms with E-state index in [1.165, 1.54) is 4.68 Å². The highest BCUT2D eigenvalue weighted by Gasteiger charge is 2.06. The van der Waals surface area contributed by atoms with Crippen LogP contribution in [0.3, 0.4) is 0 Å². The van der Waals surface area contributed by atoms with Gasteiger partial charge in [-0.05, 0) is 12.1 Å². The normalized spacial score (nSPS) is 10.2. The molecule has 2 rings (SSSR count). The van der Waals surface area contributed by atoms with Gasteiger partial charge in [-0.25, -0.2) is 4.68 Å². The summed E-state index contributed by atoms with van der Waals surface area (Å²) >= 11 is 5.95. The Hall–Kier alpha value is -1.55. The molecular formula is C8H7ClN4. The lowest BCUT2D eigenvalue weighted by Gasteiger charge is -2.05. The molecule has 1 heterocycles. The van der Waals surface area contributed by atoms with Crippen molar-refractivity contribution in [2.24, 2.45) is 0 Å². The number of hydrogen-bond acceptors (Lipinski definition) is 3. The van der Waals surface area contributed by atoms with Crippen LogP contribution in [0.25, 0.3) is 5.69 Å². The summed E-state index contributed by atoms with van der Waals surface area (Å²) in [6.45, 7) is 0. The number of nitrogens with two attached hydrogens (primary N) is 1. The molecule has 0 fully saturated rings. The van der Waals surface area contributed by atoms with Crippen molar-refractivity contribution < 1.29 is 0 Å². The zero-order valence-electron chi connectivity index (χ0n) is 6.68. The van der Waals surface area contributed by atoms with E-state index >= 15 is 0 Å². The molecule has 0 aliphatic heterocycles. The number of benzene rings is 1. The molecule has 0 saturated carbocycles. The van der Waals surface area contributed by atoms with E-state index in [1.54, 1.807) is 30.6 Å². The molecule has 0 amide bonds. The third kappa shape index (κ3) is 1.36. The van der Waals surface area contributed by atoms with Gasteiger partial charge in [0.25, 0.3) is 0 Å². The average molecular weight is 195 g/mol. The second kappa shape index (κ2) is 3.06. The van der Waals surface area contributed by atoms with Crippen molar-refractivity contribution in [3.8, 4) is 5.69 Å². The van der Waals surface area contributed by atoms with Crippen LogP contribution < -0.4 is 5.73 Å². The molecule has 1 aromatic carbocycles. The van der Waals surface area contributed by atoms with Crippen LogP contribution in [0.4, 0.5) is 5.69 Å². The standard InChI is InChI=1S/C8H7ClN4/c9-6-2-1-3-7(10)8(6)13-5-4-11-12-13/h1-5H,10H2. The Kier molecular flexibility index (Phi) is 1.90. The number of aromatic nitrogens is 3. The Morgan fingerprint density at radius 1 is 1.38 bits per heavy atom. The van der Waals surface area contributed by atoms with Gasteiger partial charge in [0.2, 0.25) is 0 Å². The molecule has 4 nitrogen and oxygen atoms in total. The molecule has 0 unspecified atom stereocenters. The first-order valence-corrected chi connectivity index (χ1v) is 4.07. The van der Waals surface area contributed by atoms with Crippen LogP contribution in [0.15, 0.2) is 30.6 Å². The van der Waals surface area contributed by atoms with Crippen LogP contribution >= 0.6 is 11.6 Å². The Morgan fingerprint density at radius 2 is 2.23 bits per heavy atom. The summed E-state index contributed by atoms with van der Waals surface area (Å²) in [5, 5.41) is 8.05. The Labute approximate surface area is 79.9 Å². The van der Waals surface area contributed by atoms with Gasteiger partial charge < -0.3 is 5.73 Å². The number of para-hydroxylation sites is 1. The molecule has 0 saturated heterocycles. The van der Waals surface area contributed by atoms with Gasteiger partial charge in [0.1, 0.15) is 5.69 Å². The number of halogens is 1. The van der Waals surface area contributed by atoms with E-state index in [0.29, 0.717) is 16.4 Å². The predicted molar refractivity (Wildman–Crippen MR) is 50.8 cm³/mol.